The third-order valence-electron chi connectivity index (χ3n) is 6.38. The van der Waals surface area contributed by atoms with Crippen LogP contribution in [0.5, 0.6) is 0 Å². The van der Waals surface area contributed by atoms with Crippen molar-refractivity contribution >= 4 is 46.1 Å². The van der Waals surface area contributed by atoms with Gasteiger partial charge in [0, 0.05) is 31.7 Å². The van der Waals surface area contributed by atoms with Gasteiger partial charge < -0.3 is 4.90 Å². The van der Waals surface area contributed by atoms with Gasteiger partial charge in [-0.05, 0) is 50.7 Å². The van der Waals surface area contributed by atoms with Crippen molar-refractivity contribution in [3.8, 4) is 6.07 Å². The number of carbonyl (C=O) groups is 1. The van der Waals surface area contributed by atoms with Crippen molar-refractivity contribution in [2.75, 3.05) is 24.5 Å². The Kier molecular flexibility index (Phi) is 8.18. The van der Waals surface area contributed by atoms with Crippen LogP contribution < -0.4 is 10.5 Å². The third kappa shape index (κ3) is 4.79. The number of thiocarbonyl (C=S) groups is 1. The van der Waals surface area contributed by atoms with Crippen molar-refractivity contribution in [1.29, 1.82) is 5.26 Å². The molecule has 6 nitrogen and oxygen atoms in total. The smallest absolute Gasteiger partial charge is 0.270 e. The summed E-state index contributed by atoms with van der Waals surface area (Å²) in [5.41, 5.74) is 1.30. The maximum absolute atomic E-state index is 13.1. The lowest BCUT2D eigenvalue weighted by molar-refractivity contribution is -0.122. The first kappa shape index (κ1) is 24.5. The van der Waals surface area contributed by atoms with Crippen molar-refractivity contribution in [2.45, 2.75) is 66.3 Å². The van der Waals surface area contributed by atoms with E-state index in [0.717, 1.165) is 56.6 Å². The number of carbonyl (C=O) groups excluding carboxylic acids is 1. The molecule has 0 atom stereocenters. The van der Waals surface area contributed by atoms with E-state index in [-0.39, 0.29) is 17.0 Å². The number of hydrogen-bond donors (Lipinski definition) is 0. The van der Waals surface area contributed by atoms with Crippen LogP contribution >= 0.6 is 24.0 Å². The van der Waals surface area contributed by atoms with E-state index in [9.17, 15) is 14.9 Å². The molecule has 32 heavy (non-hydrogen) atoms. The first-order chi connectivity index (χ1) is 15.3. The van der Waals surface area contributed by atoms with E-state index >= 15 is 0 Å². The lowest BCUT2D eigenvalue weighted by Gasteiger charge is -2.35. The second-order valence-electron chi connectivity index (χ2n) is 8.61. The van der Waals surface area contributed by atoms with E-state index in [1.807, 2.05) is 19.9 Å². The van der Waals surface area contributed by atoms with E-state index in [0.29, 0.717) is 33.8 Å². The Hall–Kier alpha value is -2.11. The van der Waals surface area contributed by atoms with Crippen molar-refractivity contribution < 1.29 is 4.79 Å². The standard InChI is InChI=1S/C24H32N4O2S2/c1-5-7-8-11-28-23(30)20(32-24(28)31)14-18-17(4)19(15-25)22(29)27(6-2)21(18)26-12-9-16(3)10-13-26/h14,16H,5-13H2,1-4H3/b20-14-. The minimum absolute atomic E-state index is 0.0820. The van der Waals surface area contributed by atoms with Gasteiger partial charge in [0.05, 0.1) is 4.91 Å². The number of hydrogen-bond acceptors (Lipinski definition) is 6. The van der Waals surface area contributed by atoms with Gasteiger partial charge in [-0.25, -0.2) is 0 Å². The maximum atomic E-state index is 13.1. The highest BCUT2D eigenvalue weighted by Gasteiger charge is 2.33. The van der Waals surface area contributed by atoms with Crippen LogP contribution in [0.25, 0.3) is 6.08 Å². The highest BCUT2D eigenvalue weighted by Crippen LogP contribution is 2.36. The molecule has 0 aromatic carbocycles. The predicted octanol–water partition coefficient (Wildman–Crippen LogP) is 4.68. The monoisotopic (exact) mass is 472 g/mol. The molecule has 8 heteroatoms. The summed E-state index contributed by atoms with van der Waals surface area (Å²) >= 11 is 6.80. The Bertz CT molecular complexity index is 1030. The molecule has 2 fully saturated rings. The van der Waals surface area contributed by atoms with Gasteiger partial charge in [0.25, 0.3) is 11.5 Å². The van der Waals surface area contributed by atoms with E-state index in [2.05, 4.69) is 24.8 Å². The van der Waals surface area contributed by atoms with Crippen LogP contribution in [0.2, 0.25) is 0 Å². The van der Waals surface area contributed by atoms with Gasteiger partial charge in [-0.3, -0.25) is 19.1 Å². The molecule has 1 amide bonds. The van der Waals surface area contributed by atoms with E-state index in [1.165, 1.54) is 11.8 Å². The molecule has 2 aliphatic heterocycles. The van der Waals surface area contributed by atoms with Crippen LogP contribution in [-0.4, -0.2) is 39.3 Å². The average molecular weight is 473 g/mol. The van der Waals surface area contributed by atoms with Crippen molar-refractivity contribution in [3.63, 3.8) is 0 Å². The predicted molar refractivity (Wildman–Crippen MR) is 136 cm³/mol. The van der Waals surface area contributed by atoms with Crippen molar-refractivity contribution in [2.24, 2.45) is 5.92 Å². The van der Waals surface area contributed by atoms with Gasteiger partial charge in [0.1, 0.15) is 21.8 Å². The largest absolute Gasteiger partial charge is 0.357 e. The molecule has 0 radical (unpaired) electrons. The first-order valence-electron chi connectivity index (χ1n) is 11.5. The fraction of sp³-hybridized carbons (Fsp3) is 0.583. The number of thioether (sulfide) groups is 1. The van der Waals surface area contributed by atoms with Crippen LogP contribution in [-0.2, 0) is 11.3 Å². The summed E-state index contributed by atoms with van der Waals surface area (Å²) in [6, 6.07) is 2.09. The van der Waals surface area contributed by atoms with E-state index in [4.69, 9.17) is 12.2 Å². The van der Waals surface area contributed by atoms with Gasteiger partial charge >= 0.3 is 0 Å². The molecule has 0 N–H and O–H groups in total. The topological polar surface area (TPSA) is 69.3 Å². The van der Waals surface area contributed by atoms with Crippen molar-refractivity contribution in [1.82, 2.24) is 9.47 Å². The van der Waals surface area contributed by atoms with E-state index < -0.39 is 0 Å². The Balaban J connectivity index is 2.11. The second-order valence-corrected chi connectivity index (χ2v) is 10.3. The molecule has 0 saturated carbocycles. The number of pyridine rings is 1. The summed E-state index contributed by atoms with van der Waals surface area (Å²) in [5, 5.41) is 9.70. The Labute approximate surface area is 200 Å². The fourth-order valence-corrected chi connectivity index (χ4v) is 5.63. The minimum atomic E-state index is -0.259. The summed E-state index contributed by atoms with van der Waals surface area (Å²) in [5.74, 6) is 1.38. The molecule has 0 unspecified atom stereocenters. The Morgan fingerprint density at radius 2 is 1.91 bits per heavy atom. The molecule has 2 saturated heterocycles. The number of amides is 1. The van der Waals surface area contributed by atoms with Crippen LogP contribution in [0, 0.1) is 24.2 Å². The molecule has 172 valence electrons. The number of piperidine rings is 1. The van der Waals surface area contributed by atoms with Gasteiger partial charge in [0.2, 0.25) is 0 Å². The van der Waals surface area contributed by atoms with Crippen LogP contribution in [0.4, 0.5) is 5.82 Å². The molecule has 2 aliphatic rings. The van der Waals surface area contributed by atoms with Gasteiger partial charge in [0.15, 0.2) is 0 Å². The number of anilines is 1. The summed E-state index contributed by atoms with van der Waals surface area (Å²) in [4.78, 5) is 30.7. The van der Waals surface area contributed by atoms with E-state index in [1.54, 1.807) is 9.47 Å². The SMILES string of the molecule is CCCCCN1C(=O)/C(=C/c2c(C)c(C#N)c(=O)n(CC)c2N2CCC(C)CC2)SC1=S. The molecule has 0 aliphatic carbocycles. The second kappa shape index (κ2) is 10.7. The Morgan fingerprint density at radius 1 is 1.22 bits per heavy atom. The summed E-state index contributed by atoms with van der Waals surface area (Å²) in [7, 11) is 0. The third-order valence-corrected chi connectivity index (χ3v) is 7.76. The molecule has 1 aromatic rings. The Morgan fingerprint density at radius 3 is 2.50 bits per heavy atom. The lowest BCUT2D eigenvalue weighted by Crippen LogP contribution is -2.39. The van der Waals surface area contributed by atoms with Crippen LogP contribution in [0.1, 0.15) is 69.6 Å². The van der Waals surface area contributed by atoms with Gasteiger partial charge in [-0.15, -0.1) is 0 Å². The average Bonchev–Trinajstić information content (AvgIpc) is 3.04. The van der Waals surface area contributed by atoms with Gasteiger partial charge in [-0.1, -0.05) is 50.7 Å². The summed E-state index contributed by atoms with van der Waals surface area (Å²) in [6.07, 6.45) is 7.02. The zero-order chi connectivity index (χ0) is 23.4. The first-order valence-corrected chi connectivity index (χ1v) is 12.7. The number of nitriles is 1. The number of nitrogens with zero attached hydrogens (tertiary/aromatic N) is 4. The highest BCUT2D eigenvalue weighted by molar-refractivity contribution is 8.26. The number of unbranched alkanes of at least 4 members (excludes halogenated alkanes) is 2. The fourth-order valence-electron chi connectivity index (χ4n) is 4.34. The quantitative estimate of drug-likeness (QED) is 0.326. The maximum Gasteiger partial charge on any atom is 0.270 e. The number of rotatable bonds is 7. The molecule has 3 rings (SSSR count). The normalized spacial score (nSPS) is 18.7. The van der Waals surface area contributed by atoms with Gasteiger partial charge in [-0.2, -0.15) is 5.26 Å². The lowest BCUT2D eigenvalue weighted by atomic mass is 9.97. The number of aromatic nitrogens is 1. The molecular weight excluding hydrogens is 440 g/mol. The zero-order valence-electron chi connectivity index (χ0n) is 19.4. The molecule has 1 aromatic heterocycles. The summed E-state index contributed by atoms with van der Waals surface area (Å²) in [6.45, 7) is 10.9. The van der Waals surface area contributed by atoms with Crippen LogP contribution in [0.15, 0.2) is 9.70 Å². The van der Waals surface area contributed by atoms with Crippen molar-refractivity contribution in [3.05, 3.63) is 31.9 Å². The molecule has 3 heterocycles. The molecule has 0 spiro atoms. The highest BCUT2D eigenvalue weighted by atomic mass is 32.2. The molecular formula is C24H32N4O2S2. The minimum Gasteiger partial charge on any atom is -0.357 e. The molecule has 0 bridgehead atoms. The van der Waals surface area contributed by atoms with Crippen LogP contribution in [0.3, 0.4) is 0 Å². The summed E-state index contributed by atoms with van der Waals surface area (Å²) < 4.78 is 2.27. The zero-order valence-corrected chi connectivity index (χ0v) is 21.1.